The summed E-state index contributed by atoms with van der Waals surface area (Å²) < 4.78 is 32.2. The van der Waals surface area contributed by atoms with E-state index in [1.165, 1.54) is 53.7 Å². The molecule has 0 spiro atoms. The van der Waals surface area contributed by atoms with Crippen LogP contribution in [0.1, 0.15) is 36.7 Å². The molecular weight excluding hydrogens is 438 g/mol. The molecule has 0 fully saturated rings. The van der Waals surface area contributed by atoms with E-state index in [1.807, 2.05) is 0 Å². The van der Waals surface area contributed by atoms with Gasteiger partial charge in [-0.25, -0.2) is 13.2 Å². The van der Waals surface area contributed by atoms with Crippen LogP contribution >= 0.6 is 0 Å². The Balaban J connectivity index is 2.21. The van der Waals surface area contributed by atoms with Gasteiger partial charge in [0, 0.05) is 19.2 Å². The van der Waals surface area contributed by atoms with E-state index in [0.29, 0.717) is 5.56 Å². The third kappa shape index (κ3) is 5.48. The van der Waals surface area contributed by atoms with Gasteiger partial charge in [-0.1, -0.05) is 32.0 Å². The zero-order chi connectivity index (χ0) is 24.1. The van der Waals surface area contributed by atoms with Gasteiger partial charge >= 0.3 is 5.97 Å². The van der Waals surface area contributed by atoms with Crippen molar-refractivity contribution in [1.82, 2.24) is 4.31 Å². The van der Waals surface area contributed by atoms with Crippen molar-refractivity contribution >= 4 is 33.3 Å². The largest absolute Gasteiger partial charge is 0.449 e. The summed E-state index contributed by atoms with van der Waals surface area (Å²) in [6.07, 6.45) is -1.29. The second kappa shape index (κ2) is 10.3. The number of nitrogens with zero attached hydrogens (tertiary/aromatic N) is 2. The minimum atomic E-state index is -3.80. The van der Waals surface area contributed by atoms with Gasteiger partial charge in [-0.15, -0.1) is 0 Å². The molecule has 0 radical (unpaired) electrons. The van der Waals surface area contributed by atoms with Crippen molar-refractivity contribution in [3.63, 3.8) is 0 Å². The van der Waals surface area contributed by atoms with Crippen LogP contribution in [-0.4, -0.2) is 48.7 Å². The number of rotatable bonds is 9. The Morgan fingerprint density at radius 3 is 2.38 bits per heavy atom. The minimum Gasteiger partial charge on any atom is -0.449 e. The van der Waals surface area contributed by atoms with Gasteiger partial charge in [-0.05, 0) is 37.6 Å². The number of para-hydroxylation sites is 2. The molecule has 1 N–H and O–H groups in total. The number of nitro benzene ring substituents is 1. The second-order valence-electron chi connectivity index (χ2n) is 6.88. The molecule has 11 heteroatoms. The zero-order valence-electron chi connectivity index (χ0n) is 18.2. The average molecular weight is 464 g/mol. The monoisotopic (exact) mass is 463 g/mol. The Morgan fingerprint density at radius 1 is 1.16 bits per heavy atom. The van der Waals surface area contributed by atoms with E-state index in [9.17, 15) is 28.1 Å². The number of hydrogen-bond donors (Lipinski definition) is 1. The van der Waals surface area contributed by atoms with Crippen molar-refractivity contribution in [2.45, 2.75) is 38.7 Å². The number of esters is 1. The van der Waals surface area contributed by atoms with Crippen LogP contribution in [0.3, 0.4) is 0 Å². The fourth-order valence-corrected chi connectivity index (χ4v) is 4.67. The van der Waals surface area contributed by atoms with Gasteiger partial charge in [0.2, 0.25) is 10.0 Å². The number of carbonyl (C=O) groups is 2. The number of nitrogens with one attached hydrogen (secondary N) is 1. The topological polar surface area (TPSA) is 136 Å². The molecular formula is C21H25N3O7S. The quantitative estimate of drug-likeness (QED) is 0.343. The molecule has 172 valence electrons. The Morgan fingerprint density at radius 2 is 1.78 bits per heavy atom. The molecule has 0 aliphatic carbocycles. The number of ether oxygens (including phenoxy) is 1. The van der Waals surface area contributed by atoms with E-state index >= 15 is 0 Å². The summed E-state index contributed by atoms with van der Waals surface area (Å²) in [5.41, 5.74) is 0.0970. The van der Waals surface area contributed by atoms with Gasteiger partial charge < -0.3 is 10.1 Å². The second-order valence-corrected chi connectivity index (χ2v) is 8.79. The summed E-state index contributed by atoms with van der Waals surface area (Å²) in [7, 11) is -3.80. The van der Waals surface area contributed by atoms with Crippen LogP contribution in [0.4, 0.5) is 11.4 Å². The number of hydrogen-bond acceptors (Lipinski definition) is 7. The molecule has 32 heavy (non-hydrogen) atoms. The van der Waals surface area contributed by atoms with E-state index in [-0.39, 0.29) is 34.9 Å². The molecule has 1 atom stereocenters. The van der Waals surface area contributed by atoms with Crippen LogP contribution in [0.2, 0.25) is 0 Å². The van der Waals surface area contributed by atoms with Gasteiger partial charge in [-0.2, -0.15) is 4.31 Å². The minimum absolute atomic E-state index is 0.0207. The summed E-state index contributed by atoms with van der Waals surface area (Å²) in [4.78, 5) is 35.4. The SMILES string of the molecule is CCN(CC)S(=O)(=O)c1cc(C(=O)O[C@H](C)C(=O)Nc2ccccc2[N+](=O)[O-])ccc1C. The normalized spacial score (nSPS) is 12.3. The Hall–Kier alpha value is -3.31. The molecule has 0 unspecified atom stereocenters. The first-order valence-electron chi connectivity index (χ1n) is 9.88. The van der Waals surface area contributed by atoms with Gasteiger partial charge in [0.05, 0.1) is 15.4 Å². The van der Waals surface area contributed by atoms with Crippen LogP contribution in [0.15, 0.2) is 47.4 Å². The molecule has 10 nitrogen and oxygen atoms in total. The lowest BCUT2D eigenvalue weighted by molar-refractivity contribution is -0.383. The van der Waals surface area contributed by atoms with E-state index in [2.05, 4.69) is 5.32 Å². The molecule has 0 heterocycles. The predicted molar refractivity (Wildman–Crippen MR) is 118 cm³/mol. The molecule has 2 aromatic carbocycles. The van der Waals surface area contributed by atoms with Gasteiger partial charge in [0.1, 0.15) is 5.69 Å². The van der Waals surface area contributed by atoms with Crippen LogP contribution in [0, 0.1) is 17.0 Å². The van der Waals surface area contributed by atoms with Gasteiger partial charge in [0.25, 0.3) is 11.6 Å². The molecule has 0 aromatic heterocycles. The summed E-state index contributed by atoms with van der Waals surface area (Å²) >= 11 is 0. The summed E-state index contributed by atoms with van der Waals surface area (Å²) in [6, 6.07) is 9.68. The molecule has 2 rings (SSSR count). The number of anilines is 1. The first-order chi connectivity index (χ1) is 15.0. The number of benzene rings is 2. The van der Waals surface area contributed by atoms with E-state index in [4.69, 9.17) is 4.74 Å². The van der Waals surface area contributed by atoms with Crippen molar-refractivity contribution in [3.8, 4) is 0 Å². The maximum absolute atomic E-state index is 12.9. The number of carbonyl (C=O) groups excluding carboxylic acids is 2. The van der Waals surface area contributed by atoms with Gasteiger partial charge in [0.15, 0.2) is 6.10 Å². The van der Waals surface area contributed by atoms with Crippen molar-refractivity contribution in [1.29, 1.82) is 0 Å². The van der Waals surface area contributed by atoms with E-state index < -0.39 is 32.9 Å². The molecule has 2 aromatic rings. The van der Waals surface area contributed by atoms with Gasteiger partial charge in [-0.3, -0.25) is 14.9 Å². The average Bonchev–Trinajstić information content (AvgIpc) is 2.74. The summed E-state index contributed by atoms with van der Waals surface area (Å²) in [6.45, 7) is 6.90. The fraction of sp³-hybridized carbons (Fsp3) is 0.333. The Bertz CT molecular complexity index is 1130. The first-order valence-corrected chi connectivity index (χ1v) is 11.3. The lowest BCUT2D eigenvalue weighted by atomic mass is 10.1. The standard InChI is InChI=1S/C21H25N3O7S/c1-5-23(6-2)32(29,30)19-13-16(12-11-14(19)3)21(26)31-15(4)20(25)22-17-9-7-8-10-18(17)24(27)28/h7-13,15H,5-6H2,1-4H3,(H,22,25)/t15-/m1/s1. The predicted octanol–water partition coefficient (Wildman–Crippen LogP) is 3.12. The van der Waals surface area contributed by atoms with Crippen molar-refractivity contribution in [2.24, 2.45) is 0 Å². The number of aryl methyl sites for hydroxylation is 1. The highest BCUT2D eigenvalue weighted by molar-refractivity contribution is 7.89. The smallest absolute Gasteiger partial charge is 0.338 e. The van der Waals surface area contributed by atoms with Crippen LogP contribution < -0.4 is 5.32 Å². The number of nitro groups is 1. The van der Waals surface area contributed by atoms with Crippen LogP contribution in [-0.2, 0) is 19.6 Å². The first kappa shape index (κ1) is 25.0. The number of amides is 1. The van der Waals surface area contributed by atoms with Crippen molar-refractivity contribution < 1.29 is 27.7 Å². The third-order valence-corrected chi connectivity index (χ3v) is 6.95. The maximum atomic E-state index is 12.9. The highest BCUT2D eigenvalue weighted by Gasteiger charge is 2.26. The lowest BCUT2D eigenvalue weighted by Crippen LogP contribution is -2.32. The van der Waals surface area contributed by atoms with Crippen molar-refractivity contribution in [2.75, 3.05) is 18.4 Å². The fourth-order valence-electron chi connectivity index (χ4n) is 2.96. The molecule has 0 saturated heterocycles. The highest BCUT2D eigenvalue weighted by atomic mass is 32.2. The Labute approximate surface area is 186 Å². The molecule has 1 amide bonds. The van der Waals surface area contributed by atoms with Crippen LogP contribution in [0.25, 0.3) is 0 Å². The van der Waals surface area contributed by atoms with Crippen molar-refractivity contribution in [3.05, 3.63) is 63.7 Å². The maximum Gasteiger partial charge on any atom is 0.338 e. The van der Waals surface area contributed by atoms with E-state index in [0.717, 1.165) is 0 Å². The molecule has 0 bridgehead atoms. The number of sulfonamides is 1. The van der Waals surface area contributed by atoms with E-state index in [1.54, 1.807) is 20.8 Å². The summed E-state index contributed by atoms with van der Waals surface area (Å²) in [5, 5.41) is 13.4. The lowest BCUT2D eigenvalue weighted by Gasteiger charge is -2.20. The van der Waals surface area contributed by atoms with Crippen LogP contribution in [0.5, 0.6) is 0 Å². The third-order valence-electron chi connectivity index (χ3n) is 4.76. The molecule has 0 saturated carbocycles. The molecule has 0 aliphatic heterocycles. The highest BCUT2D eigenvalue weighted by Crippen LogP contribution is 2.24. The Kier molecular flexibility index (Phi) is 8.06. The zero-order valence-corrected chi connectivity index (χ0v) is 19.0. The summed E-state index contributed by atoms with van der Waals surface area (Å²) in [5.74, 6) is -1.66. The molecule has 0 aliphatic rings.